The molecular formula is C10H16ClN3O2S2. The summed E-state index contributed by atoms with van der Waals surface area (Å²) in [6.45, 7) is 3.86. The first-order valence-electron chi connectivity index (χ1n) is 5.70. The van der Waals surface area contributed by atoms with Gasteiger partial charge in [-0.1, -0.05) is 29.9 Å². The second-order valence-electron chi connectivity index (χ2n) is 4.69. The monoisotopic (exact) mass is 309 g/mol. The van der Waals surface area contributed by atoms with Crippen LogP contribution in [0.25, 0.3) is 0 Å². The van der Waals surface area contributed by atoms with Crippen molar-refractivity contribution in [2.45, 2.75) is 23.6 Å². The highest BCUT2D eigenvalue weighted by atomic mass is 35.5. The summed E-state index contributed by atoms with van der Waals surface area (Å²) in [7, 11) is -1.44. The molecule has 1 aromatic heterocycles. The van der Waals surface area contributed by atoms with Gasteiger partial charge in [-0.2, -0.15) is 0 Å². The number of rotatable bonds is 3. The Bertz CT molecular complexity index is 517. The van der Waals surface area contributed by atoms with Crippen LogP contribution in [0.1, 0.15) is 13.3 Å². The standard InChI is InChI=1S/C10H16ClN3O2S2/c1-7-6-14(2)4-3-8(7)13-18(15,16)9-5-12-10(11)17-9/h5,7-8,13H,3-4,6H2,1-2H3. The number of likely N-dealkylation sites (tertiary alicyclic amines) is 1. The summed E-state index contributed by atoms with van der Waals surface area (Å²) >= 11 is 6.64. The summed E-state index contributed by atoms with van der Waals surface area (Å²) in [5.74, 6) is 0.293. The molecule has 1 saturated heterocycles. The predicted octanol–water partition coefficient (Wildman–Crippen LogP) is 1.42. The van der Waals surface area contributed by atoms with E-state index in [9.17, 15) is 8.42 Å². The molecule has 0 amide bonds. The highest BCUT2D eigenvalue weighted by molar-refractivity contribution is 7.91. The van der Waals surface area contributed by atoms with Crippen molar-refractivity contribution in [3.8, 4) is 0 Å². The number of halogens is 1. The molecule has 0 aromatic carbocycles. The van der Waals surface area contributed by atoms with E-state index in [1.165, 1.54) is 6.20 Å². The van der Waals surface area contributed by atoms with Crippen LogP contribution >= 0.6 is 22.9 Å². The van der Waals surface area contributed by atoms with E-state index < -0.39 is 10.0 Å². The van der Waals surface area contributed by atoms with Crippen molar-refractivity contribution in [2.24, 2.45) is 5.92 Å². The Morgan fingerprint density at radius 3 is 2.89 bits per heavy atom. The van der Waals surface area contributed by atoms with E-state index in [1.54, 1.807) is 0 Å². The average Bonchev–Trinajstić information content (AvgIpc) is 2.70. The van der Waals surface area contributed by atoms with Crippen molar-refractivity contribution in [2.75, 3.05) is 20.1 Å². The van der Waals surface area contributed by atoms with E-state index in [-0.39, 0.29) is 14.7 Å². The number of nitrogens with zero attached hydrogens (tertiary/aromatic N) is 2. The van der Waals surface area contributed by atoms with Gasteiger partial charge in [-0.3, -0.25) is 0 Å². The number of aromatic nitrogens is 1. The number of sulfonamides is 1. The van der Waals surface area contributed by atoms with Gasteiger partial charge in [-0.25, -0.2) is 18.1 Å². The van der Waals surface area contributed by atoms with Crippen molar-refractivity contribution < 1.29 is 8.42 Å². The van der Waals surface area contributed by atoms with E-state index in [4.69, 9.17) is 11.6 Å². The Balaban J connectivity index is 2.09. The normalized spacial score (nSPS) is 26.4. The fraction of sp³-hybridized carbons (Fsp3) is 0.700. The third-order valence-electron chi connectivity index (χ3n) is 3.14. The van der Waals surface area contributed by atoms with Crippen LogP contribution in [0.3, 0.4) is 0 Å². The topological polar surface area (TPSA) is 62.3 Å². The van der Waals surface area contributed by atoms with Gasteiger partial charge in [0.2, 0.25) is 0 Å². The molecule has 2 heterocycles. The summed E-state index contributed by atoms with van der Waals surface area (Å²) < 4.78 is 27.4. The molecule has 1 N–H and O–H groups in total. The van der Waals surface area contributed by atoms with Crippen molar-refractivity contribution in [1.82, 2.24) is 14.6 Å². The first-order chi connectivity index (χ1) is 8.38. The lowest BCUT2D eigenvalue weighted by Crippen LogP contribution is -2.48. The van der Waals surface area contributed by atoms with Crippen molar-refractivity contribution in [1.29, 1.82) is 0 Å². The highest BCUT2D eigenvalue weighted by Crippen LogP contribution is 2.24. The molecule has 1 aromatic rings. The second-order valence-corrected chi connectivity index (χ2v) is 8.24. The molecule has 1 fully saturated rings. The zero-order chi connectivity index (χ0) is 13.3. The molecule has 8 heteroatoms. The van der Waals surface area contributed by atoms with Gasteiger partial charge in [0.05, 0.1) is 6.20 Å². The minimum atomic E-state index is -3.49. The maximum absolute atomic E-state index is 12.1. The molecule has 0 aliphatic carbocycles. The number of hydrogen-bond donors (Lipinski definition) is 1. The SMILES string of the molecule is CC1CN(C)CCC1NS(=O)(=O)c1cnc(Cl)s1. The number of nitrogens with one attached hydrogen (secondary N) is 1. The third-order valence-corrected chi connectivity index (χ3v) is 6.20. The minimum Gasteiger partial charge on any atom is -0.306 e. The Kier molecular flexibility index (Phi) is 4.28. The van der Waals surface area contributed by atoms with E-state index in [0.717, 1.165) is 30.8 Å². The van der Waals surface area contributed by atoms with Crippen LogP contribution in [-0.4, -0.2) is 44.5 Å². The van der Waals surface area contributed by atoms with Gasteiger partial charge in [0.25, 0.3) is 10.0 Å². The van der Waals surface area contributed by atoms with E-state index in [0.29, 0.717) is 5.92 Å². The van der Waals surface area contributed by atoms with Gasteiger partial charge in [-0.15, -0.1) is 0 Å². The maximum atomic E-state index is 12.1. The van der Waals surface area contributed by atoms with Gasteiger partial charge < -0.3 is 4.90 Å². The van der Waals surface area contributed by atoms with Crippen LogP contribution in [0, 0.1) is 5.92 Å². The van der Waals surface area contributed by atoms with Crippen LogP contribution in [0.4, 0.5) is 0 Å². The molecular weight excluding hydrogens is 294 g/mol. The molecule has 0 bridgehead atoms. The Morgan fingerprint density at radius 2 is 2.33 bits per heavy atom. The quantitative estimate of drug-likeness (QED) is 0.917. The van der Waals surface area contributed by atoms with Crippen LogP contribution in [0.2, 0.25) is 4.47 Å². The zero-order valence-corrected chi connectivity index (χ0v) is 12.6. The van der Waals surface area contributed by atoms with Crippen molar-refractivity contribution in [3.63, 3.8) is 0 Å². The first kappa shape index (κ1) is 14.2. The second kappa shape index (κ2) is 5.42. The van der Waals surface area contributed by atoms with Crippen molar-refractivity contribution in [3.05, 3.63) is 10.7 Å². The van der Waals surface area contributed by atoms with E-state index in [2.05, 4.69) is 21.5 Å². The summed E-state index contributed by atoms with van der Waals surface area (Å²) in [6, 6.07) is -0.0212. The van der Waals surface area contributed by atoms with Gasteiger partial charge in [-0.05, 0) is 25.9 Å². The molecule has 0 saturated carbocycles. The lowest BCUT2D eigenvalue weighted by molar-refractivity contribution is 0.188. The number of thiazole rings is 1. The van der Waals surface area contributed by atoms with Crippen molar-refractivity contribution >= 4 is 33.0 Å². The predicted molar refractivity (Wildman–Crippen MR) is 72.5 cm³/mol. The molecule has 0 spiro atoms. The summed E-state index contributed by atoms with van der Waals surface area (Å²) in [5, 5.41) is 0. The van der Waals surface area contributed by atoms with E-state index in [1.807, 2.05) is 7.05 Å². The molecule has 2 unspecified atom stereocenters. The number of hydrogen-bond acceptors (Lipinski definition) is 5. The highest BCUT2D eigenvalue weighted by Gasteiger charge is 2.29. The lowest BCUT2D eigenvalue weighted by Gasteiger charge is -2.34. The van der Waals surface area contributed by atoms with Crippen LogP contribution in [0.5, 0.6) is 0 Å². The third kappa shape index (κ3) is 3.21. The van der Waals surface area contributed by atoms with Gasteiger partial charge in [0.15, 0.2) is 8.68 Å². The molecule has 2 rings (SSSR count). The molecule has 1 aliphatic heterocycles. The Morgan fingerprint density at radius 1 is 1.61 bits per heavy atom. The van der Waals surface area contributed by atoms with Crippen LogP contribution in [0.15, 0.2) is 10.4 Å². The maximum Gasteiger partial charge on any atom is 0.251 e. The first-order valence-corrected chi connectivity index (χ1v) is 8.38. The molecule has 5 nitrogen and oxygen atoms in total. The van der Waals surface area contributed by atoms with E-state index >= 15 is 0 Å². The Labute approximate surface area is 116 Å². The minimum absolute atomic E-state index is 0.0212. The van der Waals surface area contributed by atoms with Gasteiger partial charge >= 0.3 is 0 Å². The van der Waals surface area contributed by atoms with Crippen LogP contribution in [-0.2, 0) is 10.0 Å². The summed E-state index contributed by atoms with van der Waals surface area (Å²) in [4.78, 5) is 5.97. The fourth-order valence-electron chi connectivity index (χ4n) is 2.15. The molecule has 1 aliphatic rings. The Hall–Kier alpha value is -0.210. The van der Waals surface area contributed by atoms with Gasteiger partial charge in [0, 0.05) is 12.6 Å². The zero-order valence-electron chi connectivity index (χ0n) is 10.3. The number of piperidine rings is 1. The largest absolute Gasteiger partial charge is 0.306 e. The molecule has 102 valence electrons. The smallest absolute Gasteiger partial charge is 0.251 e. The molecule has 18 heavy (non-hydrogen) atoms. The fourth-order valence-corrected chi connectivity index (χ4v) is 4.84. The average molecular weight is 310 g/mol. The summed E-state index contributed by atoms with van der Waals surface area (Å²) in [6.07, 6.45) is 2.12. The molecule has 2 atom stereocenters. The molecule has 0 radical (unpaired) electrons. The van der Waals surface area contributed by atoms with Crippen LogP contribution < -0.4 is 4.72 Å². The summed E-state index contributed by atoms with van der Waals surface area (Å²) in [5.41, 5.74) is 0. The van der Waals surface area contributed by atoms with Gasteiger partial charge in [0.1, 0.15) is 0 Å². The lowest BCUT2D eigenvalue weighted by atomic mass is 9.95.